The Morgan fingerprint density at radius 3 is 2.43 bits per heavy atom. The third kappa shape index (κ3) is 6.68. The van der Waals surface area contributed by atoms with Crippen LogP contribution in [-0.4, -0.2) is 28.8 Å². The standard InChI is InChI=1S/C27H24N4O3S/c1-19(27(34)29-24-18-26(33)31(30-24)22-12-6-3-7-13-22)35-23-14-8-11-21(17-23)28-25(32)16-15-20-9-4-2-5-10-20/h2-17,19H,18H2,1H3,(H,28,32)(H,29,30,34)/b16-15+. The molecule has 1 unspecified atom stereocenters. The molecule has 1 aliphatic heterocycles. The zero-order chi connectivity index (χ0) is 24.6. The van der Waals surface area contributed by atoms with Crippen LogP contribution in [0, 0.1) is 0 Å². The van der Waals surface area contributed by atoms with Gasteiger partial charge in [-0.25, -0.2) is 0 Å². The van der Waals surface area contributed by atoms with E-state index in [0.717, 1.165) is 10.5 Å². The number of nitrogens with zero attached hydrogens (tertiary/aromatic N) is 2. The van der Waals surface area contributed by atoms with Crippen LogP contribution in [0.4, 0.5) is 11.4 Å². The first-order valence-corrected chi connectivity index (χ1v) is 11.9. The number of rotatable bonds is 7. The molecule has 8 heteroatoms. The average Bonchev–Trinajstić information content (AvgIpc) is 3.24. The SMILES string of the molecule is CC(Sc1cccc(NC(=O)/C=C/c2ccccc2)c1)C(=O)NC1=NN(c2ccccc2)C(=O)C1. The first-order chi connectivity index (χ1) is 17.0. The second-order valence-corrected chi connectivity index (χ2v) is 9.19. The molecular formula is C27H24N4O3S. The molecule has 0 saturated carbocycles. The van der Waals surface area contributed by atoms with E-state index in [4.69, 9.17) is 0 Å². The molecule has 0 bridgehead atoms. The van der Waals surface area contributed by atoms with Gasteiger partial charge in [-0.15, -0.1) is 11.8 Å². The van der Waals surface area contributed by atoms with Crippen LogP contribution in [0.5, 0.6) is 0 Å². The summed E-state index contributed by atoms with van der Waals surface area (Å²) in [5.74, 6) is -0.371. The largest absolute Gasteiger partial charge is 0.322 e. The summed E-state index contributed by atoms with van der Waals surface area (Å²) in [5, 5.41) is 10.7. The van der Waals surface area contributed by atoms with E-state index in [2.05, 4.69) is 15.7 Å². The number of amidine groups is 1. The molecule has 3 aromatic carbocycles. The summed E-state index contributed by atoms with van der Waals surface area (Å²) in [5.41, 5.74) is 2.23. The number of carbonyl (C=O) groups is 3. The van der Waals surface area contributed by atoms with Crippen molar-refractivity contribution in [1.82, 2.24) is 5.32 Å². The maximum Gasteiger partial charge on any atom is 0.255 e. The summed E-state index contributed by atoms with van der Waals surface area (Å²) in [4.78, 5) is 38.1. The van der Waals surface area contributed by atoms with Crippen molar-refractivity contribution in [3.05, 3.63) is 96.6 Å². The molecule has 1 aliphatic rings. The quantitative estimate of drug-likeness (QED) is 0.376. The van der Waals surface area contributed by atoms with Gasteiger partial charge in [0, 0.05) is 16.7 Å². The van der Waals surface area contributed by atoms with E-state index in [1.54, 1.807) is 31.2 Å². The second-order valence-electron chi connectivity index (χ2n) is 7.77. The van der Waals surface area contributed by atoms with E-state index in [1.165, 1.54) is 22.8 Å². The minimum Gasteiger partial charge on any atom is -0.322 e. The van der Waals surface area contributed by atoms with Gasteiger partial charge in [0.25, 0.3) is 5.91 Å². The second kappa shape index (κ2) is 11.3. The first kappa shape index (κ1) is 24.0. The van der Waals surface area contributed by atoms with Gasteiger partial charge in [0.2, 0.25) is 11.8 Å². The number of nitrogens with one attached hydrogen (secondary N) is 2. The number of para-hydroxylation sites is 1. The Morgan fingerprint density at radius 2 is 1.69 bits per heavy atom. The molecule has 0 fully saturated rings. The molecule has 0 aromatic heterocycles. The van der Waals surface area contributed by atoms with Crippen molar-refractivity contribution >= 4 is 52.8 Å². The maximum absolute atomic E-state index is 12.7. The Kier molecular flexibility index (Phi) is 7.74. The van der Waals surface area contributed by atoms with E-state index in [0.29, 0.717) is 17.2 Å². The molecule has 2 N–H and O–H groups in total. The monoisotopic (exact) mass is 484 g/mol. The van der Waals surface area contributed by atoms with Crippen molar-refractivity contribution < 1.29 is 14.4 Å². The van der Waals surface area contributed by atoms with Gasteiger partial charge < -0.3 is 10.6 Å². The smallest absolute Gasteiger partial charge is 0.255 e. The van der Waals surface area contributed by atoms with Gasteiger partial charge in [-0.2, -0.15) is 10.1 Å². The lowest BCUT2D eigenvalue weighted by Gasteiger charge is -2.12. The third-order valence-electron chi connectivity index (χ3n) is 5.05. The van der Waals surface area contributed by atoms with E-state index >= 15 is 0 Å². The highest BCUT2D eigenvalue weighted by Gasteiger charge is 2.27. The van der Waals surface area contributed by atoms with Crippen molar-refractivity contribution in [3.63, 3.8) is 0 Å². The lowest BCUT2D eigenvalue weighted by Crippen LogP contribution is -2.35. The summed E-state index contributed by atoms with van der Waals surface area (Å²) >= 11 is 1.35. The summed E-state index contributed by atoms with van der Waals surface area (Å²) in [6, 6.07) is 25.9. The minimum absolute atomic E-state index is 0.0377. The van der Waals surface area contributed by atoms with Crippen molar-refractivity contribution in [2.45, 2.75) is 23.5 Å². The fourth-order valence-electron chi connectivity index (χ4n) is 3.34. The number of hydrogen-bond acceptors (Lipinski definition) is 5. The highest BCUT2D eigenvalue weighted by atomic mass is 32.2. The summed E-state index contributed by atoms with van der Waals surface area (Å²) in [7, 11) is 0. The fraction of sp³-hybridized carbons (Fsp3) is 0.111. The average molecular weight is 485 g/mol. The number of thioether (sulfide) groups is 1. The highest BCUT2D eigenvalue weighted by Crippen LogP contribution is 2.26. The number of hydrogen-bond donors (Lipinski definition) is 2. The molecule has 0 spiro atoms. The van der Waals surface area contributed by atoms with Crippen molar-refractivity contribution in [1.29, 1.82) is 0 Å². The van der Waals surface area contributed by atoms with Crippen LogP contribution >= 0.6 is 11.8 Å². The number of anilines is 2. The van der Waals surface area contributed by atoms with Crippen LogP contribution in [0.3, 0.4) is 0 Å². The van der Waals surface area contributed by atoms with Gasteiger partial charge in [0.05, 0.1) is 17.4 Å². The van der Waals surface area contributed by atoms with Crippen LogP contribution in [0.1, 0.15) is 18.9 Å². The molecule has 4 rings (SSSR count). The Hall–Kier alpha value is -4.17. The molecule has 1 atom stereocenters. The van der Waals surface area contributed by atoms with E-state index < -0.39 is 5.25 Å². The number of amides is 3. The van der Waals surface area contributed by atoms with Crippen LogP contribution in [0.2, 0.25) is 0 Å². The van der Waals surface area contributed by atoms with Gasteiger partial charge in [-0.3, -0.25) is 14.4 Å². The van der Waals surface area contributed by atoms with Crippen molar-refractivity contribution in [2.75, 3.05) is 10.3 Å². The summed E-state index contributed by atoms with van der Waals surface area (Å²) < 4.78 is 0. The molecule has 0 radical (unpaired) electrons. The molecule has 1 heterocycles. The van der Waals surface area contributed by atoms with Crippen LogP contribution < -0.4 is 15.6 Å². The molecule has 0 saturated heterocycles. The van der Waals surface area contributed by atoms with Crippen molar-refractivity contribution in [3.8, 4) is 0 Å². The Balaban J connectivity index is 1.32. The van der Waals surface area contributed by atoms with Crippen LogP contribution in [0.25, 0.3) is 6.08 Å². The van der Waals surface area contributed by atoms with E-state index in [1.807, 2.05) is 66.7 Å². The Morgan fingerprint density at radius 1 is 0.971 bits per heavy atom. The molecule has 3 amide bonds. The van der Waals surface area contributed by atoms with Gasteiger partial charge in [-0.1, -0.05) is 54.6 Å². The van der Waals surface area contributed by atoms with Gasteiger partial charge in [-0.05, 0) is 48.9 Å². The van der Waals surface area contributed by atoms with Crippen LogP contribution in [-0.2, 0) is 14.4 Å². The minimum atomic E-state index is -0.442. The lowest BCUT2D eigenvalue weighted by molar-refractivity contribution is -0.119. The topological polar surface area (TPSA) is 90.9 Å². The molecule has 7 nitrogen and oxygen atoms in total. The molecular weight excluding hydrogens is 460 g/mol. The predicted molar refractivity (Wildman–Crippen MR) is 140 cm³/mol. The fourth-order valence-corrected chi connectivity index (χ4v) is 4.27. The Labute approximate surface area is 207 Å². The number of hydrazone groups is 1. The van der Waals surface area contributed by atoms with Crippen molar-refractivity contribution in [2.24, 2.45) is 5.10 Å². The lowest BCUT2D eigenvalue weighted by atomic mass is 10.2. The van der Waals surface area contributed by atoms with Crippen LogP contribution in [0.15, 0.2) is 101 Å². The highest BCUT2D eigenvalue weighted by molar-refractivity contribution is 8.00. The third-order valence-corrected chi connectivity index (χ3v) is 6.15. The maximum atomic E-state index is 12.7. The van der Waals surface area contributed by atoms with E-state index in [9.17, 15) is 14.4 Å². The number of benzene rings is 3. The normalized spacial score (nSPS) is 14.0. The zero-order valence-electron chi connectivity index (χ0n) is 19.0. The first-order valence-electron chi connectivity index (χ1n) is 11.0. The molecule has 3 aromatic rings. The zero-order valence-corrected chi connectivity index (χ0v) is 19.9. The Bertz CT molecular complexity index is 1280. The molecule has 0 aliphatic carbocycles. The van der Waals surface area contributed by atoms with Gasteiger partial charge >= 0.3 is 0 Å². The summed E-state index contributed by atoms with van der Waals surface area (Å²) in [6.45, 7) is 1.78. The van der Waals surface area contributed by atoms with E-state index in [-0.39, 0.29) is 24.1 Å². The predicted octanol–water partition coefficient (Wildman–Crippen LogP) is 4.69. The molecule has 176 valence electrons. The van der Waals surface area contributed by atoms with Gasteiger partial charge in [0.1, 0.15) is 5.84 Å². The summed E-state index contributed by atoms with van der Waals surface area (Å²) in [6.07, 6.45) is 3.26. The molecule has 35 heavy (non-hydrogen) atoms. The van der Waals surface area contributed by atoms with Gasteiger partial charge in [0.15, 0.2) is 0 Å². The number of carbonyl (C=O) groups excluding carboxylic acids is 3.